The second-order valence-corrected chi connectivity index (χ2v) is 7.22. The predicted octanol–water partition coefficient (Wildman–Crippen LogP) is 5.12. The van der Waals surface area contributed by atoms with Gasteiger partial charge in [0.25, 0.3) is 5.91 Å². The summed E-state index contributed by atoms with van der Waals surface area (Å²) in [7, 11) is 0. The fraction of sp³-hybridized carbons (Fsp3) is 0.130. The Kier molecular flexibility index (Phi) is 5.60. The lowest BCUT2D eigenvalue weighted by molar-refractivity contribution is -0.121. The summed E-state index contributed by atoms with van der Waals surface area (Å²) in [5.74, 6) is 0.354. The minimum absolute atomic E-state index is 0.0526. The Morgan fingerprint density at radius 3 is 2.72 bits per heavy atom. The zero-order chi connectivity index (χ0) is 20.2. The third-order valence-corrected chi connectivity index (χ3v) is 4.70. The Balaban J connectivity index is 1.58. The lowest BCUT2D eigenvalue weighted by Gasteiger charge is -2.09. The normalized spacial score (nSPS) is 11.0. The van der Waals surface area contributed by atoms with Crippen LogP contribution in [-0.4, -0.2) is 21.9 Å². The molecule has 0 bridgehead atoms. The van der Waals surface area contributed by atoms with E-state index in [-0.39, 0.29) is 12.5 Å². The molecule has 2 heterocycles. The molecule has 0 aliphatic rings. The Morgan fingerprint density at radius 1 is 1.10 bits per heavy atom. The van der Waals surface area contributed by atoms with Crippen LogP contribution < -0.4 is 5.32 Å². The van der Waals surface area contributed by atoms with E-state index in [1.165, 1.54) is 0 Å². The second-order valence-electron chi connectivity index (χ2n) is 6.78. The Bertz CT molecular complexity index is 1160. The number of aryl methyl sites for hydroxylation is 1. The number of aromatic nitrogens is 2. The first-order valence-corrected chi connectivity index (χ1v) is 9.64. The number of fused-ring (bicyclic) bond motifs is 1. The maximum atomic E-state index is 12.6. The number of halogens is 1. The number of anilines is 1. The van der Waals surface area contributed by atoms with E-state index in [1.54, 1.807) is 6.07 Å². The molecular weight excluding hydrogens is 386 g/mol. The smallest absolute Gasteiger partial charge is 0.251 e. The largest absolute Gasteiger partial charge is 0.367 e. The van der Waals surface area contributed by atoms with Gasteiger partial charge < -0.3 is 10.1 Å². The van der Waals surface area contributed by atoms with E-state index in [2.05, 4.69) is 5.32 Å². The summed E-state index contributed by atoms with van der Waals surface area (Å²) in [4.78, 5) is 17.3. The number of hydrogen-bond donors (Lipinski definition) is 1. The molecule has 0 spiro atoms. The fourth-order valence-electron chi connectivity index (χ4n) is 3.11. The zero-order valence-electron chi connectivity index (χ0n) is 15.9. The van der Waals surface area contributed by atoms with E-state index in [0.29, 0.717) is 23.1 Å². The van der Waals surface area contributed by atoms with Crippen LogP contribution in [0.5, 0.6) is 0 Å². The predicted molar refractivity (Wildman–Crippen MR) is 115 cm³/mol. The number of carbonyl (C=O) groups excluding carboxylic acids is 1. The monoisotopic (exact) mass is 405 g/mol. The molecule has 0 saturated carbocycles. The summed E-state index contributed by atoms with van der Waals surface area (Å²) in [6.07, 6.45) is 1.94. The van der Waals surface area contributed by atoms with Crippen LogP contribution in [0.15, 0.2) is 72.9 Å². The molecule has 29 heavy (non-hydrogen) atoms. The zero-order valence-corrected chi connectivity index (χ0v) is 16.7. The van der Waals surface area contributed by atoms with Crippen molar-refractivity contribution in [1.82, 2.24) is 9.38 Å². The highest BCUT2D eigenvalue weighted by molar-refractivity contribution is 6.30. The number of amides is 1. The summed E-state index contributed by atoms with van der Waals surface area (Å²) in [6, 6.07) is 21.1. The SMILES string of the molecule is Cc1ccc2nc(-c3cccc(Cl)c3)c(NC(=O)COCc3ccccc3)n2c1. The van der Waals surface area contributed by atoms with Crippen molar-refractivity contribution in [1.29, 1.82) is 0 Å². The summed E-state index contributed by atoms with van der Waals surface area (Å²) in [5, 5.41) is 3.57. The molecule has 0 unspecified atom stereocenters. The van der Waals surface area contributed by atoms with Crippen molar-refractivity contribution in [3.05, 3.63) is 89.1 Å². The molecule has 0 radical (unpaired) electrons. The standard InChI is InChI=1S/C23H20ClN3O2/c1-16-10-11-20-25-22(18-8-5-9-19(24)12-18)23(27(20)13-16)26-21(28)15-29-14-17-6-3-2-4-7-17/h2-13H,14-15H2,1H3,(H,26,28). The lowest BCUT2D eigenvalue weighted by Crippen LogP contribution is -2.19. The van der Waals surface area contributed by atoms with Gasteiger partial charge in [0.15, 0.2) is 0 Å². The van der Waals surface area contributed by atoms with E-state index < -0.39 is 0 Å². The first-order chi connectivity index (χ1) is 14.1. The van der Waals surface area contributed by atoms with Crippen LogP contribution >= 0.6 is 11.6 Å². The van der Waals surface area contributed by atoms with Crippen molar-refractivity contribution in [3.8, 4) is 11.3 Å². The average molecular weight is 406 g/mol. The van der Waals surface area contributed by atoms with Gasteiger partial charge in [-0.1, -0.05) is 60.1 Å². The number of imidazole rings is 1. The second kappa shape index (κ2) is 8.47. The van der Waals surface area contributed by atoms with Crippen LogP contribution in [0.3, 0.4) is 0 Å². The van der Waals surface area contributed by atoms with Gasteiger partial charge >= 0.3 is 0 Å². The maximum Gasteiger partial charge on any atom is 0.251 e. The highest BCUT2D eigenvalue weighted by atomic mass is 35.5. The van der Waals surface area contributed by atoms with Gasteiger partial charge in [-0.25, -0.2) is 4.98 Å². The third kappa shape index (κ3) is 4.47. The molecule has 146 valence electrons. The molecule has 0 aliphatic carbocycles. The van der Waals surface area contributed by atoms with Crippen LogP contribution in [0.2, 0.25) is 5.02 Å². The molecule has 0 fully saturated rings. The van der Waals surface area contributed by atoms with E-state index in [9.17, 15) is 4.79 Å². The molecule has 1 N–H and O–H groups in total. The molecule has 4 rings (SSSR count). The van der Waals surface area contributed by atoms with E-state index in [1.807, 2.05) is 78.2 Å². The van der Waals surface area contributed by atoms with Crippen molar-refractivity contribution in [2.24, 2.45) is 0 Å². The van der Waals surface area contributed by atoms with Crippen molar-refractivity contribution in [2.45, 2.75) is 13.5 Å². The summed E-state index contributed by atoms with van der Waals surface area (Å²) in [5.41, 5.74) is 4.31. The molecule has 4 aromatic rings. The van der Waals surface area contributed by atoms with Crippen LogP contribution in [0.25, 0.3) is 16.9 Å². The van der Waals surface area contributed by atoms with E-state index in [4.69, 9.17) is 21.3 Å². The Hall–Kier alpha value is -3.15. The third-order valence-electron chi connectivity index (χ3n) is 4.47. The topological polar surface area (TPSA) is 55.6 Å². The van der Waals surface area contributed by atoms with Gasteiger partial charge in [0.05, 0.1) is 6.61 Å². The number of nitrogens with zero attached hydrogens (tertiary/aromatic N) is 2. The summed E-state index contributed by atoms with van der Waals surface area (Å²) in [6.45, 7) is 2.32. The first-order valence-electron chi connectivity index (χ1n) is 9.26. The first kappa shape index (κ1) is 19.2. The van der Waals surface area contributed by atoms with Gasteiger partial charge in [0.1, 0.15) is 23.8 Å². The Morgan fingerprint density at radius 2 is 1.93 bits per heavy atom. The molecular formula is C23H20ClN3O2. The fourth-order valence-corrected chi connectivity index (χ4v) is 3.30. The minimum Gasteiger partial charge on any atom is -0.367 e. The van der Waals surface area contributed by atoms with Crippen LogP contribution in [0, 0.1) is 6.92 Å². The maximum absolute atomic E-state index is 12.6. The van der Waals surface area contributed by atoms with Crippen LogP contribution in [-0.2, 0) is 16.1 Å². The molecule has 6 heteroatoms. The van der Waals surface area contributed by atoms with Gasteiger partial charge in [-0.05, 0) is 36.2 Å². The molecule has 0 aliphatic heterocycles. The molecule has 2 aromatic heterocycles. The van der Waals surface area contributed by atoms with Crippen molar-refractivity contribution >= 4 is 29.0 Å². The van der Waals surface area contributed by atoms with Crippen LogP contribution in [0.4, 0.5) is 5.82 Å². The van der Waals surface area contributed by atoms with Gasteiger partial charge in [-0.15, -0.1) is 0 Å². The quantitative estimate of drug-likeness (QED) is 0.484. The highest BCUT2D eigenvalue weighted by Crippen LogP contribution is 2.30. The van der Waals surface area contributed by atoms with Crippen molar-refractivity contribution in [2.75, 3.05) is 11.9 Å². The van der Waals surface area contributed by atoms with E-state index >= 15 is 0 Å². The van der Waals surface area contributed by atoms with Crippen molar-refractivity contribution in [3.63, 3.8) is 0 Å². The molecule has 0 saturated heterocycles. The van der Waals surface area contributed by atoms with Gasteiger partial charge in [-0.2, -0.15) is 0 Å². The van der Waals surface area contributed by atoms with Gasteiger partial charge in [0, 0.05) is 16.8 Å². The van der Waals surface area contributed by atoms with Crippen molar-refractivity contribution < 1.29 is 9.53 Å². The average Bonchev–Trinajstić information content (AvgIpc) is 3.06. The highest BCUT2D eigenvalue weighted by Gasteiger charge is 2.17. The lowest BCUT2D eigenvalue weighted by atomic mass is 10.1. The molecule has 2 aromatic carbocycles. The number of rotatable bonds is 6. The van der Waals surface area contributed by atoms with E-state index in [0.717, 1.165) is 22.3 Å². The van der Waals surface area contributed by atoms with Gasteiger partial charge in [0.2, 0.25) is 0 Å². The number of pyridine rings is 1. The minimum atomic E-state index is -0.243. The van der Waals surface area contributed by atoms with Gasteiger partial charge in [-0.3, -0.25) is 9.20 Å². The summed E-state index contributed by atoms with van der Waals surface area (Å²) >= 11 is 6.16. The number of nitrogens with one attached hydrogen (secondary N) is 1. The number of benzene rings is 2. The molecule has 1 amide bonds. The number of hydrogen-bond acceptors (Lipinski definition) is 3. The number of carbonyl (C=O) groups is 1. The van der Waals surface area contributed by atoms with Crippen LogP contribution in [0.1, 0.15) is 11.1 Å². The Labute approximate surface area is 173 Å². The number of ether oxygens (including phenoxy) is 1. The molecule has 0 atom stereocenters. The summed E-state index contributed by atoms with van der Waals surface area (Å²) < 4.78 is 7.44. The molecule has 5 nitrogen and oxygen atoms in total.